The monoisotopic (exact) mass is 368 g/mol. The quantitative estimate of drug-likeness (QED) is 0.777. The summed E-state index contributed by atoms with van der Waals surface area (Å²) in [5.74, 6) is 1.45. The minimum atomic E-state index is -0.239. The van der Waals surface area contributed by atoms with Crippen molar-refractivity contribution in [3.63, 3.8) is 0 Å². The molecule has 1 fully saturated rings. The molecule has 0 unspecified atom stereocenters. The summed E-state index contributed by atoms with van der Waals surface area (Å²) in [7, 11) is 3.25. The van der Waals surface area contributed by atoms with Crippen molar-refractivity contribution in [2.24, 2.45) is 0 Å². The van der Waals surface area contributed by atoms with Crippen molar-refractivity contribution in [2.45, 2.75) is 25.6 Å². The number of thiocarbonyl (C=S) groups is 1. The average Bonchev–Trinajstić information content (AvgIpc) is 2.90. The number of ether oxygens (including phenoxy) is 2. The zero-order valence-corrected chi connectivity index (χ0v) is 15.6. The van der Waals surface area contributed by atoms with Crippen LogP contribution in [0.25, 0.3) is 0 Å². The zero-order chi connectivity index (χ0) is 18.3. The van der Waals surface area contributed by atoms with Gasteiger partial charge in [-0.25, -0.2) is 0 Å². The highest BCUT2D eigenvalue weighted by Crippen LogP contribution is 2.37. The lowest BCUT2D eigenvalue weighted by atomic mass is 9.94. The largest absolute Gasteiger partial charge is 0.493 e. The molecule has 6 heteroatoms. The van der Waals surface area contributed by atoms with Crippen LogP contribution in [-0.2, 0) is 24.3 Å². The smallest absolute Gasteiger partial charge is 0.252 e. The molecule has 0 aromatic heterocycles. The lowest BCUT2D eigenvalue weighted by molar-refractivity contribution is -0.128. The van der Waals surface area contributed by atoms with E-state index < -0.39 is 0 Å². The van der Waals surface area contributed by atoms with Crippen molar-refractivity contribution >= 4 is 23.2 Å². The number of carbonyl (C=O) groups excluding carboxylic acids is 1. The van der Waals surface area contributed by atoms with E-state index in [1.807, 2.05) is 47.4 Å². The molecule has 2 heterocycles. The Morgan fingerprint density at radius 3 is 2.38 bits per heavy atom. The van der Waals surface area contributed by atoms with Gasteiger partial charge in [-0.05, 0) is 41.0 Å². The molecule has 26 heavy (non-hydrogen) atoms. The summed E-state index contributed by atoms with van der Waals surface area (Å²) in [5, 5.41) is 0.601. The van der Waals surface area contributed by atoms with Crippen LogP contribution >= 0.6 is 12.2 Å². The summed E-state index contributed by atoms with van der Waals surface area (Å²) < 4.78 is 10.8. The number of fused-ring (bicyclic) bond motifs is 2. The number of hydrogen-bond donors (Lipinski definition) is 0. The van der Waals surface area contributed by atoms with Crippen LogP contribution in [0.5, 0.6) is 11.5 Å². The Morgan fingerprint density at radius 1 is 1.08 bits per heavy atom. The molecule has 1 atom stereocenters. The third-order valence-corrected chi connectivity index (χ3v) is 5.50. The summed E-state index contributed by atoms with van der Waals surface area (Å²) >= 11 is 5.63. The predicted octanol–water partition coefficient (Wildman–Crippen LogP) is 2.76. The van der Waals surface area contributed by atoms with Gasteiger partial charge in [0.05, 0.1) is 20.8 Å². The number of hydrogen-bond acceptors (Lipinski definition) is 4. The Bertz CT molecular complexity index is 818. The maximum Gasteiger partial charge on any atom is 0.252 e. The molecular weight excluding hydrogens is 348 g/mol. The van der Waals surface area contributed by atoms with Gasteiger partial charge in [-0.1, -0.05) is 30.3 Å². The first-order valence-corrected chi connectivity index (χ1v) is 8.93. The van der Waals surface area contributed by atoms with Gasteiger partial charge >= 0.3 is 0 Å². The van der Waals surface area contributed by atoms with Crippen LogP contribution in [-0.4, -0.2) is 41.1 Å². The maximum atomic E-state index is 13.0. The van der Waals surface area contributed by atoms with Gasteiger partial charge in [0.1, 0.15) is 6.04 Å². The minimum absolute atomic E-state index is 0.0688. The van der Waals surface area contributed by atoms with Gasteiger partial charge in [0, 0.05) is 13.0 Å². The van der Waals surface area contributed by atoms with E-state index in [2.05, 4.69) is 0 Å². The molecule has 1 amide bonds. The van der Waals surface area contributed by atoms with Gasteiger partial charge in [-0.2, -0.15) is 0 Å². The van der Waals surface area contributed by atoms with E-state index in [0.29, 0.717) is 36.1 Å². The van der Waals surface area contributed by atoms with E-state index in [4.69, 9.17) is 21.7 Å². The fraction of sp³-hybridized carbons (Fsp3) is 0.300. The van der Waals surface area contributed by atoms with E-state index in [9.17, 15) is 4.79 Å². The highest BCUT2D eigenvalue weighted by molar-refractivity contribution is 7.80. The number of methoxy groups -OCH3 is 2. The number of nitrogens with zero attached hydrogens (tertiary/aromatic N) is 2. The third-order valence-electron chi connectivity index (χ3n) is 5.05. The van der Waals surface area contributed by atoms with E-state index in [1.165, 1.54) is 0 Å². The molecule has 2 aliphatic heterocycles. The number of benzene rings is 2. The van der Waals surface area contributed by atoms with Gasteiger partial charge in [0.15, 0.2) is 16.6 Å². The van der Waals surface area contributed by atoms with Crippen LogP contribution in [0.3, 0.4) is 0 Å². The molecule has 0 radical (unpaired) electrons. The summed E-state index contributed by atoms with van der Waals surface area (Å²) in [4.78, 5) is 16.7. The molecule has 134 valence electrons. The van der Waals surface area contributed by atoms with Crippen LogP contribution in [0.4, 0.5) is 0 Å². The number of amides is 1. The first-order valence-electron chi connectivity index (χ1n) is 8.52. The van der Waals surface area contributed by atoms with Crippen molar-refractivity contribution in [3.05, 3.63) is 59.2 Å². The van der Waals surface area contributed by atoms with E-state index >= 15 is 0 Å². The third kappa shape index (κ3) is 2.70. The van der Waals surface area contributed by atoms with Gasteiger partial charge in [-0.15, -0.1) is 0 Å². The average molecular weight is 368 g/mol. The Labute approximate surface area is 158 Å². The van der Waals surface area contributed by atoms with Crippen LogP contribution in [0, 0.1) is 0 Å². The molecule has 2 aromatic rings. The molecule has 0 bridgehead atoms. The van der Waals surface area contributed by atoms with Gasteiger partial charge in [0.2, 0.25) is 0 Å². The van der Waals surface area contributed by atoms with Crippen molar-refractivity contribution in [2.75, 3.05) is 14.2 Å². The van der Waals surface area contributed by atoms with Gasteiger partial charge in [0.25, 0.3) is 5.91 Å². The Kier molecular flexibility index (Phi) is 4.28. The second-order valence-corrected chi connectivity index (χ2v) is 6.88. The summed E-state index contributed by atoms with van der Waals surface area (Å²) in [6.07, 6.45) is 0.625. The van der Waals surface area contributed by atoms with Crippen molar-refractivity contribution < 1.29 is 14.3 Å². The molecule has 0 spiro atoms. The lowest BCUT2D eigenvalue weighted by Crippen LogP contribution is -2.40. The first kappa shape index (κ1) is 16.8. The summed E-state index contributed by atoms with van der Waals surface area (Å²) in [5.41, 5.74) is 3.31. The standard InChI is InChI=1S/C20H20N2O3S/c1-24-17-9-14-8-16-19(23)22(11-13-6-4-3-5-7-13)20(26)21(16)12-15(14)10-18(17)25-2/h3-7,9-10,16H,8,11-12H2,1-2H3/t16-/m1/s1. The van der Waals surface area contributed by atoms with Crippen LogP contribution in [0.1, 0.15) is 16.7 Å². The topological polar surface area (TPSA) is 42.0 Å². The second-order valence-electron chi connectivity index (χ2n) is 6.52. The molecule has 4 rings (SSSR count). The first-order chi connectivity index (χ1) is 12.6. The second kappa shape index (κ2) is 6.61. The van der Waals surface area contributed by atoms with Gasteiger partial charge in [-0.3, -0.25) is 9.69 Å². The molecule has 2 aromatic carbocycles. The van der Waals surface area contributed by atoms with Crippen molar-refractivity contribution in [1.29, 1.82) is 0 Å². The Balaban J connectivity index is 1.63. The SMILES string of the molecule is COc1cc2c(cc1OC)CN1C(=S)N(Cc3ccccc3)C(=O)[C@H]1C2. The highest BCUT2D eigenvalue weighted by Gasteiger charge is 2.44. The fourth-order valence-electron chi connectivity index (χ4n) is 3.67. The molecule has 1 saturated heterocycles. The Hall–Kier alpha value is -2.60. The summed E-state index contributed by atoms with van der Waals surface area (Å²) in [6, 6.07) is 13.7. The van der Waals surface area contributed by atoms with E-state index in [0.717, 1.165) is 16.7 Å². The van der Waals surface area contributed by atoms with Crippen molar-refractivity contribution in [1.82, 2.24) is 9.80 Å². The van der Waals surface area contributed by atoms with Crippen LogP contribution in [0.15, 0.2) is 42.5 Å². The Morgan fingerprint density at radius 2 is 1.73 bits per heavy atom. The lowest BCUT2D eigenvalue weighted by Gasteiger charge is -2.31. The van der Waals surface area contributed by atoms with Gasteiger partial charge < -0.3 is 14.4 Å². The fourth-order valence-corrected chi connectivity index (χ4v) is 4.02. The zero-order valence-electron chi connectivity index (χ0n) is 14.8. The molecule has 2 aliphatic rings. The number of rotatable bonds is 4. The molecular formula is C20H20N2O3S. The molecule has 0 saturated carbocycles. The normalized spacial score (nSPS) is 18.6. The van der Waals surface area contributed by atoms with Crippen LogP contribution < -0.4 is 9.47 Å². The van der Waals surface area contributed by atoms with E-state index in [1.54, 1.807) is 19.1 Å². The number of carbonyl (C=O) groups is 1. The summed E-state index contributed by atoms with van der Waals surface area (Å²) in [6.45, 7) is 1.12. The predicted molar refractivity (Wildman–Crippen MR) is 102 cm³/mol. The molecule has 5 nitrogen and oxygen atoms in total. The van der Waals surface area contributed by atoms with Crippen LogP contribution in [0.2, 0.25) is 0 Å². The molecule has 0 aliphatic carbocycles. The van der Waals surface area contributed by atoms with E-state index in [-0.39, 0.29) is 11.9 Å². The minimum Gasteiger partial charge on any atom is -0.493 e. The maximum absolute atomic E-state index is 13.0. The molecule has 0 N–H and O–H groups in total. The highest BCUT2D eigenvalue weighted by atomic mass is 32.1. The van der Waals surface area contributed by atoms with Crippen molar-refractivity contribution in [3.8, 4) is 11.5 Å².